The Labute approximate surface area is 84.9 Å². The first-order chi connectivity index (χ1) is 6.57. The number of hydrogen-bond acceptors (Lipinski definition) is 4. The van der Waals surface area contributed by atoms with Crippen molar-refractivity contribution in [1.82, 2.24) is 5.32 Å². The standard InChI is InChI=1S/C9H20N2O3/c1-7(2)11-8(9(10)12)6-14-5-4-13-3/h7-8,11H,4-6H2,1-3H3,(H2,10,12). The van der Waals surface area contributed by atoms with Crippen LogP contribution in [-0.4, -0.2) is 44.9 Å². The SMILES string of the molecule is COCCOCC(NC(C)C)C(N)=O. The van der Waals surface area contributed by atoms with Crippen LogP contribution in [0.25, 0.3) is 0 Å². The zero-order valence-corrected chi connectivity index (χ0v) is 9.08. The van der Waals surface area contributed by atoms with Gasteiger partial charge < -0.3 is 20.5 Å². The number of rotatable bonds is 8. The number of carbonyl (C=O) groups excluding carboxylic acids is 1. The third-order valence-corrected chi connectivity index (χ3v) is 1.59. The fourth-order valence-electron chi connectivity index (χ4n) is 0.958. The molecule has 0 aliphatic rings. The molecule has 84 valence electrons. The fourth-order valence-corrected chi connectivity index (χ4v) is 0.958. The van der Waals surface area contributed by atoms with Crippen molar-refractivity contribution in [2.45, 2.75) is 25.9 Å². The molecule has 0 heterocycles. The first kappa shape index (κ1) is 13.4. The first-order valence-corrected chi connectivity index (χ1v) is 4.70. The van der Waals surface area contributed by atoms with Crippen LogP contribution in [0.1, 0.15) is 13.8 Å². The molecule has 3 N–H and O–H groups in total. The summed E-state index contributed by atoms with van der Waals surface area (Å²) in [4.78, 5) is 10.9. The van der Waals surface area contributed by atoms with Gasteiger partial charge in [-0.25, -0.2) is 0 Å². The molecule has 0 rings (SSSR count). The van der Waals surface area contributed by atoms with E-state index in [1.807, 2.05) is 13.8 Å². The number of hydrogen-bond donors (Lipinski definition) is 2. The third-order valence-electron chi connectivity index (χ3n) is 1.59. The van der Waals surface area contributed by atoms with Crippen molar-refractivity contribution in [3.05, 3.63) is 0 Å². The van der Waals surface area contributed by atoms with E-state index >= 15 is 0 Å². The van der Waals surface area contributed by atoms with Crippen LogP contribution in [0, 0.1) is 0 Å². The molecule has 0 aromatic rings. The molecular weight excluding hydrogens is 184 g/mol. The summed E-state index contributed by atoms with van der Waals surface area (Å²) < 4.78 is 10.0. The molecule has 5 heteroatoms. The predicted octanol–water partition coefficient (Wildman–Crippen LogP) is -0.499. The summed E-state index contributed by atoms with van der Waals surface area (Å²) in [6, 6.07) is -0.217. The van der Waals surface area contributed by atoms with Gasteiger partial charge in [-0.3, -0.25) is 4.79 Å². The molecular formula is C9H20N2O3. The quantitative estimate of drug-likeness (QED) is 0.523. The Morgan fingerprint density at radius 3 is 2.50 bits per heavy atom. The maximum Gasteiger partial charge on any atom is 0.236 e. The average molecular weight is 204 g/mol. The van der Waals surface area contributed by atoms with Crippen molar-refractivity contribution in [3.8, 4) is 0 Å². The summed E-state index contributed by atoms with van der Waals surface area (Å²) >= 11 is 0. The molecule has 0 aromatic carbocycles. The van der Waals surface area contributed by atoms with E-state index in [-0.39, 0.29) is 12.6 Å². The minimum atomic E-state index is -0.424. The summed E-state index contributed by atoms with van der Waals surface area (Å²) in [6.45, 7) is 5.18. The number of amides is 1. The Balaban J connectivity index is 3.68. The van der Waals surface area contributed by atoms with Gasteiger partial charge in [0.1, 0.15) is 6.04 Å². The smallest absolute Gasteiger partial charge is 0.236 e. The summed E-state index contributed by atoms with van der Waals surface area (Å²) in [5, 5.41) is 3.02. The van der Waals surface area contributed by atoms with Crippen LogP contribution in [0.3, 0.4) is 0 Å². The van der Waals surface area contributed by atoms with Gasteiger partial charge in [0.2, 0.25) is 5.91 Å². The van der Waals surface area contributed by atoms with Gasteiger partial charge in [-0.2, -0.15) is 0 Å². The molecule has 14 heavy (non-hydrogen) atoms. The molecule has 1 unspecified atom stereocenters. The molecule has 0 aliphatic heterocycles. The van der Waals surface area contributed by atoms with Crippen molar-refractivity contribution >= 4 is 5.91 Å². The van der Waals surface area contributed by atoms with Crippen molar-refractivity contribution in [1.29, 1.82) is 0 Å². The van der Waals surface area contributed by atoms with Crippen molar-refractivity contribution in [3.63, 3.8) is 0 Å². The highest BCUT2D eigenvalue weighted by atomic mass is 16.5. The Morgan fingerprint density at radius 1 is 1.43 bits per heavy atom. The molecule has 0 saturated carbocycles. The molecule has 0 saturated heterocycles. The Hall–Kier alpha value is -0.650. The number of primary amides is 1. The lowest BCUT2D eigenvalue weighted by Crippen LogP contribution is -2.47. The van der Waals surface area contributed by atoms with Crippen LogP contribution in [0.15, 0.2) is 0 Å². The van der Waals surface area contributed by atoms with E-state index in [2.05, 4.69) is 5.32 Å². The Bertz CT molecular complexity index is 162. The first-order valence-electron chi connectivity index (χ1n) is 4.70. The number of carbonyl (C=O) groups is 1. The molecule has 1 atom stereocenters. The van der Waals surface area contributed by atoms with E-state index in [0.717, 1.165) is 0 Å². The molecule has 0 fully saturated rings. The van der Waals surface area contributed by atoms with Gasteiger partial charge in [-0.1, -0.05) is 13.8 Å². The number of nitrogens with one attached hydrogen (secondary N) is 1. The zero-order chi connectivity index (χ0) is 11.0. The molecule has 0 spiro atoms. The normalized spacial score (nSPS) is 13.1. The lowest BCUT2D eigenvalue weighted by Gasteiger charge is -2.17. The largest absolute Gasteiger partial charge is 0.382 e. The van der Waals surface area contributed by atoms with Gasteiger partial charge in [-0.05, 0) is 0 Å². The zero-order valence-electron chi connectivity index (χ0n) is 9.08. The van der Waals surface area contributed by atoms with E-state index in [1.54, 1.807) is 7.11 Å². The summed E-state index contributed by atoms with van der Waals surface area (Å²) in [5.41, 5.74) is 5.19. The van der Waals surface area contributed by atoms with Gasteiger partial charge in [0.05, 0.1) is 19.8 Å². The summed E-state index contributed by atoms with van der Waals surface area (Å²) in [7, 11) is 1.60. The second-order valence-electron chi connectivity index (χ2n) is 3.34. The van der Waals surface area contributed by atoms with Crippen LogP contribution < -0.4 is 11.1 Å². The van der Waals surface area contributed by atoms with Gasteiger partial charge in [-0.15, -0.1) is 0 Å². The highest BCUT2D eigenvalue weighted by Crippen LogP contribution is 1.89. The second-order valence-corrected chi connectivity index (χ2v) is 3.34. The predicted molar refractivity (Wildman–Crippen MR) is 53.9 cm³/mol. The lowest BCUT2D eigenvalue weighted by atomic mass is 10.2. The minimum Gasteiger partial charge on any atom is -0.382 e. The number of nitrogens with two attached hydrogens (primary N) is 1. The highest BCUT2D eigenvalue weighted by molar-refractivity contribution is 5.80. The van der Waals surface area contributed by atoms with Crippen molar-refractivity contribution < 1.29 is 14.3 Å². The second kappa shape index (κ2) is 7.73. The molecule has 0 radical (unpaired) electrons. The topological polar surface area (TPSA) is 73.6 Å². The van der Waals surface area contributed by atoms with Gasteiger partial charge >= 0.3 is 0 Å². The molecule has 1 amide bonds. The van der Waals surface area contributed by atoms with Crippen LogP contribution in [0.5, 0.6) is 0 Å². The van der Waals surface area contributed by atoms with Gasteiger partial charge in [0.15, 0.2) is 0 Å². The number of ether oxygens (including phenoxy) is 2. The van der Waals surface area contributed by atoms with E-state index in [9.17, 15) is 4.79 Å². The van der Waals surface area contributed by atoms with E-state index in [0.29, 0.717) is 13.2 Å². The van der Waals surface area contributed by atoms with Crippen LogP contribution in [0.4, 0.5) is 0 Å². The maximum atomic E-state index is 10.9. The van der Waals surface area contributed by atoms with Crippen molar-refractivity contribution in [2.24, 2.45) is 5.73 Å². The number of methoxy groups -OCH3 is 1. The molecule has 5 nitrogen and oxygen atoms in total. The monoisotopic (exact) mass is 204 g/mol. The lowest BCUT2D eigenvalue weighted by molar-refractivity contribution is -0.121. The van der Waals surface area contributed by atoms with Gasteiger partial charge in [0, 0.05) is 13.2 Å². The van der Waals surface area contributed by atoms with Crippen LogP contribution >= 0.6 is 0 Å². The Morgan fingerprint density at radius 2 is 2.07 bits per heavy atom. The van der Waals surface area contributed by atoms with E-state index in [1.165, 1.54) is 0 Å². The summed E-state index contributed by atoms with van der Waals surface area (Å²) in [5.74, 6) is -0.392. The van der Waals surface area contributed by atoms with Crippen LogP contribution in [-0.2, 0) is 14.3 Å². The maximum absolute atomic E-state index is 10.9. The fraction of sp³-hybridized carbons (Fsp3) is 0.889. The van der Waals surface area contributed by atoms with Crippen molar-refractivity contribution in [2.75, 3.05) is 26.9 Å². The third kappa shape index (κ3) is 6.82. The molecule has 0 aliphatic carbocycles. The average Bonchev–Trinajstić information content (AvgIpc) is 2.09. The van der Waals surface area contributed by atoms with Crippen LogP contribution in [0.2, 0.25) is 0 Å². The van der Waals surface area contributed by atoms with E-state index in [4.69, 9.17) is 15.2 Å². The molecule has 0 bridgehead atoms. The molecule has 0 aromatic heterocycles. The highest BCUT2D eigenvalue weighted by Gasteiger charge is 2.15. The minimum absolute atomic E-state index is 0.207. The van der Waals surface area contributed by atoms with E-state index < -0.39 is 11.9 Å². The van der Waals surface area contributed by atoms with Gasteiger partial charge in [0.25, 0.3) is 0 Å². The summed E-state index contributed by atoms with van der Waals surface area (Å²) in [6.07, 6.45) is 0. The Kier molecular flexibility index (Phi) is 7.37.